The minimum Gasteiger partial charge on any atom is -0.467 e. The third-order valence-electron chi connectivity index (χ3n) is 2.24. The van der Waals surface area contributed by atoms with E-state index in [1.165, 1.54) is 0 Å². The molecule has 0 aromatic carbocycles. The van der Waals surface area contributed by atoms with Crippen molar-refractivity contribution in [1.82, 2.24) is 9.55 Å². The molecule has 2 heterocycles. The molecule has 2 aromatic heterocycles. The Morgan fingerprint density at radius 1 is 1.57 bits per heavy atom. The second kappa shape index (κ2) is 3.46. The van der Waals surface area contributed by atoms with Gasteiger partial charge in [-0.2, -0.15) is 0 Å². The topological polar surface area (TPSA) is 33.9 Å². The van der Waals surface area contributed by atoms with Crippen molar-refractivity contribution in [2.45, 2.75) is 19.9 Å². The number of imidazole rings is 1. The van der Waals surface area contributed by atoms with E-state index in [0.717, 1.165) is 16.2 Å². The van der Waals surface area contributed by atoms with Crippen LogP contribution in [0, 0.1) is 11.7 Å². The van der Waals surface area contributed by atoms with Gasteiger partial charge in [0.15, 0.2) is 4.77 Å². The lowest BCUT2D eigenvalue weighted by Crippen LogP contribution is -2.04. The maximum atomic E-state index is 5.33. The van der Waals surface area contributed by atoms with Crippen molar-refractivity contribution in [3.63, 3.8) is 0 Å². The Morgan fingerprint density at radius 2 is 2.36 bits per heavy atom. The average Bonchev–Trinajstić information content (AvgIpc) is 2.73. The van der Waals surface area contributed by atoms with E-state index in [9.17, 15) is 0 Å². The van der Waals surface area contributed by atoms with Crippen LogP contribution in [0.15, 0.2) is 29.0 Å². The summed E-state index contributed by atoms with van der Waals surface area (Å²) in [7, 11) is 0. The Bertz CT molecular complexity index is 467. The molecule has 0 saturated heterocycles. The van der Waals surface area contributed by atoms with Gasteiger partial charge in [-0.15, -0.1) is 0 Å². The number of aryl methyl sites for hydroxylation is 1. The third kappa shape index (κ3) is 1.53. The summed E-state index contributed by atoms with van der Waals surface area (Å²) in [5, 5.41) is 0. The van der Waals surface area contributed by atoms with E-state index < -0.39 is 0 Å². The zero-order valence-electron chi connectivity index (χ0n) is 8.15. The van der Waals surface area contributed by atoms with E-state index in [-0.39, 0.29) is 6.04 Å². The lowest BCUT2D eigenvalue weighted by Gasteiger charge is -2.09. The normalized spacial score (nSPS) is 13.0. The first-order valence-corrected chi connectivity index (χ1v) is 4.90. The summed E-state index contributed by atoms with van der Waals surface area (Å²) in [4.78, 5) is 3.09. The van der Waals surface area contributed by atoms with Crippen molar-refractivity contribution in [3.8, 4) is 0 Å². The SMILES string of the molecule is Cc1cn(C(C)c2ccco2)c(=S)[nH]1. The van der Waals surface area contributed by atoms with Crippen molar-refractivity contribution in [3.05, 3.63) is 40.8 Å². The smallest absolute Gasteiger partial charge is 0.178 e. The van der Waals surface area contributed by atoms with Gasteiger partial charge in [0.1, 0.15) is 5.76 Å². The summed E-state index contributed by atoms with van der Waals surface area (Å²) in [5.74, 6) is 0.917. The zero-order valence-corrected chi connectivity index (χ0v) is 8.97. The summed E-state index contributed by atoms with van der Waals surface area (Å²) >= 11 is 5.19. The predicted molar refractivity (Wildman–Crippen MR) is 56.9 cm³/mol. The van der Waals surface area contributed by atoms with Crippen molar-refractivity contribution in [2.75, 3.05) is 0 Å². The standard InChI is InChI=1S/C10H12N2OS/c1-7-6-12(10(14)11-7)8(2)9-4-3-5-13-9/h3-6,8H,1-2H3,(H,11,14). The molecule has 2 aromatic rings. The van der Waals surface area contributed by atoms with Crippen molar-refractivity contribution < 1.29 is 4.42 Å². The predicted octanol–water partition coefficient (Wildman–Crippen LogP) is 3.06. The van der Waals surface area contributed by atoms with Gasteiger partial charge in [0, 0.05) is 11.9 Å². The van der Waals surface area contributed by atoms with Crippen molar-refractivity contribution in [1.29, 1.82) is 0 Å². The van der Waals surface area contributed by atoms with Gasteiger partial charge in [0.05, 0.1) is 12.3 Å². The molecule has 2 rings (SSSR count). The van der Waals surface area contributed by atoms with Crippen LogP contribution in [-0.4, -0.2) is 9.55 Å². The van der Waals surface area contributed by atoms with E-state index in [1.54, 1.807) is 6.26 Å². The molecular weight excluding hydrogens is 196 g/mol. The summed E-state index contributed by atoms with van der Waals surface area (Å²) < 4.78 is 8.05. The summed E-state index contributed by atoms with van der Waals surface area (Å²) in [5.41, 5.74) is 1.06. The molecule has 0 bridgehead atoms. The van der Waals surface area contributed by atoms with Gasteiger partial charge in [-0.05, 0) is 38.2 Å². The highest BCUT2D eigenvalue weighted by atomic mass is 32.1. The monoisotopic (exact) mass is 208 g/mol. The molecule has 3 nitrogen and oxygen atoms in total. The highest BCUT2D eigenvalue weighted by molar-refractivity contribution is 7.71. The van der Waals surface area contributed by atoms with Gasteiger partial charge < -0.3 is 14.0 Å². The molecule has 0 fully saturated rings. The maximum absolute atomic E-state index is 5.33. The lowest BCUT2D eigenvalue weighted by molar-refractivity contribution is 0.444. The van der Waals surface area contributed by atoms with Gasteiger partial charge in [0.2, 0.25) is 0 Å². The number of hydrogen-bond donors (Lipinski definition) is 1. The van der Waals surface area contributed by atoms with Crippen molar-refractivity contribution >= 4 is 12.2 Å². The van der Waals surface area contributed by atoms with Gasteiger partial charge in [-0.25, -0.2) is 0 Å². The molecule has 0 amide bonds. The van der Waals surface area contributed by atoms with Gasteiger partial charge in [0.25, 0.3) is 0 Å². The fourth-order valence-electron chi connectivity index (χ4n) is 1.49. The number of aromatic amines is 1. The second-order valence-electron chi connectivity index (χ2n) is 3.34. The first kappa shape index (κ1) is 9.27. The molecule has 0 saturated carbocycles. The molecule has 0 aliphatic rings. The van der Waals surface area contributed by atoms with Crippen molar-refractivity contribution in [2.24, 2.45) is 0 Å². The van der Waals surface area contributed by atoms with Crippen LogP contribution in [0.5, 0.6) is 0 Å². The number of hydrogen-bond acceptors (Lipinski definition) is 2. The van der Waals surface area contributed by atoms with Gasteiger partial charge >= 0.3 is 0 Å². The third-order valence-corrected chi connectivity index (χ3v) is 2.56. The van der Waals surface area contributed by atoms with Crippen LogP contribution < -0.4 is 0 Å². The van der Waals surface area contributed by atoms with E-state index in [1.807, 2.05) is 29.8 Å². The van der Waals surface area contributed by atoms with Gasteiger partial charge in [-0.3, -0.25) is 0 Å². The molecular formula is C10H12N2OS. The fraction of sp³-hybridized carbons (Fsp3) is 0.300. The van der Waals surface area contributed by atoms with E-state index in [2.05, 4.69) is 11.9 Å². The zero-order chi connectivity index (χ0) is 10.1. The molecule has 0 aliphatic carbocycles. The number of nitrogens with zero attached hydrogens (tertiary/aromatic N) is 1. The maximum Gasteiger partial charge on any atom is 0.178 e. The first-order valence-electron chi connectivity index (χ1n) is 4.49. The Labute approximate surface area is 87.4 Å². The molecule has 1 unspecified atom stereocenters. The average molecular weight is 208 g/mol. The molecule has 0 aliphatic heterocycles. The van der Waals surface area contributed by atoms with Crippen LogP contribution in [0.25, 0.3) is 0 Å². The number of furan rings is 1. The number of aromatic nitrogens is 2. The summed E-state index contributed by atoms with van der Waals surface area (Å²) in [6.45, 7) is 4.04. The highest BCUT2D eigenvalue weighted by Crippen LogP contribution is 2.18. The quantitative estimate of drug-likeness (QED) is 0.769. The van der Waals surface area contributed by atoms with Crippen LogP contribution in [-0.2, 0) is 0 Å². The van der Waals surface area contributed by atoms with Gasteiger partial charge in [-0.1, -0.05) is 0 Å². The van der Waals surface area contributed by atoms with Crippen LogP contribution in [0.1, 0.15) is 24.4 Å². The van der Waals surface area contributed by atoms with E-state index >= 15 is 0 Å². The molecule has 4 heteroatoms. The van der Waals surface area contributed by atoms with E-state index in [4.69, 9.17) is 16.6 Å². The molecule has 0 radical (unpaired) electrons. The minimum atomic E-state index is 0.141. The number of rotatable bonds is 2. The highest BCUT2D eigenvalue weighted by Gasteiger charge is 2.11. The summed E-state index contributed by atoms with van der Waals surface area (Å²) in [6, 6.07) is 3.98. The van der Waals surface area contributed by atoms with E-state index in [0.29, 0.717) is 0 Å². The summed E-state index contributed by atoms with van der Waals surface area (Å²) in [6.07, 6.45) is 3.67. The first-order chi connectivity index (χ1) is 6.68. The van der Waals surface area contributed by atoms with Crippen LogP contribution in [0.3, 0.4) is 0 Å². The van der Waals surface area contributed by atoms with Crippen LogP contribution >= 0.6 is 12.2 Å². The lowest BCUT2D eigenvalue weighted by atomic mass is 10.2. The molecule has 14 heavy (non-hydrogen) atoms. The Balaban J connectivity index is 2.41. The largest absolute Gasteiger partial charge is 0.467 e. The van der Waals surface area contributed by atoms with Crippen LogP contribution in [0.2, 0.25) is 0 Å². The Morgan fingerprint density at radius 3 is 2.86 bits per heavy atom. The Kier molecular flexibility index (Phi) is 2.29. The Hall–Kier alpha value is -1.29. The van der Waals surface area contributed by atoms with Crippen LogP contribution in [0.4, 0.5) is 0 Å². The fourth-order valence-corrected chi connectivity index (χ4v) is 1.86. The molecule has 0 spiro atoms. The molecule has 1 N–H and O–H groups in total. The number of H-pyrrole nitrogens is 1. The molecule has 74 valence electrons. The second-order valence-corrected chi connectivity index (χ2v) is 3.73. The molecule has 1 atom stereocenters. The number of nitrogens with one attached hydrogen (secondary N) is 1. The minimum absolute atomic E-state index is 0.141.